The van der Waals surface area contributed by atoms with E-state index in [2.05, 4.69) is 25.3 Å². The molecule has 1 unspecified atom stereocenters. The van der Waals surface area contributed by atoms with E-state index < -0.39 is 0 Å². The summed E-state index contributed by atoms with van der Waals surface area (Å²) in [5.41, 5.74) is 4.58. The van der Waals surface area contributed by atoms with Crippen LogP contribution in [0, 0.1) is 13.8 Å². The van der Waals surface area contributed by atoms with Crippen molar-refractivity contribution in [1.82, 2.24) is 24.8 Å². The summed E-state index contributed by atoms with van der Waals surface area (Å²) in [5.74, 6) is 1.50. The second kappa shape index (κ2) is 8.02. The Morgan fingerprint density at radius 3 is 2.86 bits per heavy atom. The molecular weight excluding hydrogens is 372 g/mol. The number of thiazole rings is 1. The number of carbonyl (C=O) groups excluding carboxylic acids is 1. The second-order valence-corrected chi connectivity index (χ2v) is 7.86. The smallest absolute Gasteiger partial charge is 0.265 e. The molecule has 4 rings (SSSR count). The van der Waals surface area contributed by atoms with E-state index in [9.17, 15) is 4.79 Å². The lowest BCUT2D eigenvalue weighted by atomic mass is 9.94. The highest BCUT2D eigenvalue weighted by atomic mass is 32.1. The number of amides is 1. The molecule has 8 heteroatoms. The van der Waals surface area contributed by atoms with E-state index in [1.807, 2.05) is 36.9 Å². The van der Waals surface area contributed by atoms with Crippen LogP contribution in [0.15, 0.2) is 36.1 Å². The topological polar surface area (TPSA) is 83.9 Å². The van der Waals surface area contributed by atoms with Gasteiger partial charge in [0.2, 0.25) is 5.95 Å². The lowest BCUT2D eigenvalue weighted by molar-refractivity contribution is 0.0710. The van der Waals surface area contributed by atoms with Crippen molar-refractivity contribution in [2.75, 3.05) is 18.4 Å². The Bertz CT molecular complexity index is 971. The Morgan fingerprint density at radius 2 is 2.11 bits per heavy atom. The van der Waals surface area contributed by atoms with Crippen LogP contribution in [0.4, 0.5) is 11.8 Å². The van der Waals surface area contributed by atoms with E-state index in [1.54, 1.807) is 17.9 Å². The van der Waals surface area contributed by atoms with Crippen molar-refractivity contribution in [3.05, 3.63) is 57.9 Å². The molecule has 0 bridgehead atoms. The molecule has 1 aliphatic heterocycles. The summed E-state index contributed by atoms with van der Waals surface area (Å²) < 4.78 is 0. The molecule has 0 spiro atoms. The van der Waals surface area contributed by atoms with Crippen molar-refractivity contribution in [3.63, 3.8) is 0 Å². The predicted octanol–water partition coefficient (Wildman–Crippen LogP) is 3.71. The third-order valence-electron chi connectivity index (χ3n) is 4.89. The minimum absolute atomic E-state index is 0.0703. The van der Waals surface area contributed by atoms with Crippen molar-refractivity contribution in [1.29, 1.82) is 0 Å². The average molecular weight is 395 g/mol. The van der Waals surface area contributed by atoms with Gasteiger partial charge >= 0.3 is 0 Å². The van der Waals surface area contributed by atoms with Gasteiger partial charge in [-0.15, -0.1) is 11.3 Å². The van der Waals surface area contributed by atoms with Crippen LogP contribution in [0.25, 0.3) is 0 Å². The Balaban J connectivity index is 1.48. The van der Waals surface area contributed by atoms with Crippen molar-refractivity contribution in [2.24, 2.45) is 0 Å². The summed E-state index contributed by atoms with van der Waals surface area (Å²) in [6.07, 6.45) is 5.52. The van der Waals surface area contributed by atoms with E-state index >= 15 is 0 Å². The maximum Gasteiger partial charge on any atom is 0.265 e. The quantitative estimate of drug-likeness (QED) is 0.726. The third-order valence-corrected chi connectivity index (χ3v) is 5.81. The number of hydrogen-bond acceptors (Lipinski definition) is 7. The molecule has 1 atom stereocenters. The van der Waals surface area contributed by atoms with E-state index in [0.29, 0.717) is 18.3 Å². The lowest BCUT2D eigenvalue weighted by Gasteiger charge is -2.32. The predicted molar refractivity (Wildman–Crippen MR) is 109 cm³/mol. The molecule has 28 heavy (non-hydrogen) atoms. The number of hydrogen-bond donors (Lipinski definition) is 1. The Hall–Kier alpha value is -2.87. The van der Waals surface area contributed by atoms with Crippen LogP contribution in [-0.2, 0) is 0 Å². The summed E-state index contributed by atoms with van der Waals surface area (Å²) >= 11 is 1.41. The van der Waals surface area contributed by atoms with Gasteiger partial charge in [-0.1, -0.05) is 6.07 Å². The van der Waals surface area contributed by atoms with Crippen LogP contribution < -0.4 is 5.32 Å². The number of nitrogens with one attached hydrogen (secondary N) is 1. The fourth-order valence-corrected chi connectivity index (χ4v) is 4.14. The second-order valence-electron chi connectivity index (χ2n) is 7.01. The van der Waals surface area contributed by atoms with Gasteiger partial charge in [0.15, 0.2) is 0 Å². The van der Waals surface area contributed by atoms with Crippen LogP contribution in [0.1, 0.15) is 45.4 Å². The number of aromatic nitrogens is 4. The van der Waals surface area contributed by atoms with E-state index in [1.165, 1.54) is 11.3 Å². The summed E-state index contributed by atoms with van der Waals surface area (Å²) in [6.45, 7) is 5.32. The molecule has 1 aliphatic rings. The standard InChI is InChI=1S/C20H22N6OS/c1-13-5-6-17(22-10-13)25-20-21-8-7-16(24-20)15-4-3-9-26(11-15)19(27)18-14(2)23-12-28-18/h5-8,10,12,15H,3-4,9,11H2,1-2H3,(H,21,22,24,25). The third kappa shape index (κ3) is 4.01. The van der Waals surface area contributed by atoms with Gasteiger partial charge in [0.05, 0.1) is 16.9 Å². The minimum Gasteiger partial charge on any atom is -0.337 e. The number of likely N-dealkylation sites (tertiary alicyclic amines) is 1. The Labute approximate surface area is 167 Å². The summed E-state index contributed by atoms with van der Waals surface area (Å²) in [4.78, 5) is 33.0. The zero-order valence-electron chi connectivity index (χ0n) is 15.9. The summed E-state index contributed by atoms with van der Waals surface area (Å²) in [7, 11) is 0. The Morgan fingerprint density at radius 1 is 1.21 bits per heavy atom. The largest absolute Gasteiger partial charge is 0.337 e. The first-order chi connectivity index (χ1) is 13.6. The van der Waals surface area contributed by atoms with Gasteiger partial charge in [-0.05, 0) is 44.4 Å². The van der Waals surface area contributed by atoms with Gasteiger partial charge < -0.3 is 10.2 Å². The molecule has 7 nitrogen and oxygen atoms in total. The molecule has 1 fully saturated rings. The summed E-state index contributed by atoms with van der Waals surface area (Å²) in [5, 5.41) is 3.15. The normalized spacial score (nSPS) is 16.8. The fourth-order valence-electron chi connectivity index (χ4n) is 3.37. The zero-order valence-corrected chi connectivity index (χ0v) is 16.7. The molecule has 3 aromatic rings. The average Bonchev–Trinajstić information content (AvgIpc) is 3.15. The van der Waals surface area contributed by atoms with E-state index in [-0.39, 0.29) is 11.8 Å². The number of nitrogens with zero attached hydrogens (tertiary/aromatic N) is 5. The highest BCUT2D eigenvalue weighted by Gasteiger charge is 2.28. The molecule has 4 heterocycles. The van der Waals surface area contributed by atoms with Crippen LogP contribution in [0.5, 0.6) is 0 Å². The van der Waals surface area contributed by atoms with Crippen molar-refractivity contribution >= 4 is 29.0 Å². The van der Waals surface area contributed by atoms with Gasteiger partial charge in [-0.25, -0.2) is 19.9 Å². The molecule has 0 aromatic carbocycles. The number of aryl methyl sites for hydroxylation is 2. The molecular formula is C20H22N6OS. The van der Waals surface area contributed by atoms with Crippen molar-refractivity contribution < 1.29 is 4.79 Å². The van der Waals surface area contributed by atoms with Gasteiger partial charge in [0, 0.05) is 31.4 Å². The molecule has 1 N–H and O–H groups in total. The number of pyridine rings is 1. The molecule has 0 saturated carbocycles. The SMILES string of the molecule is Cc1ccc(Nc2nccc(C3CCCN(C(=O)c4scnc4C)C3)n2)nc1. The van der Waals surface area contributed by atoms with Crippen molar-refractivity contribution in [3.8, 4) is 0 Å². The highest BCUT2D eigenvalue weighted by Crippen LogP contribution is 2.28. The first-order valence-electron chi connectivity index (χ1n) is 9.32. The number of rotatable bonds is 4. The van der Waals surface area contributed by atoms with E-state index in [0.717, 1.165) is 41.2 Å². The molecule has 1 amide bonds. The highest BCUT2D eigenvalue weighted by molar-refractivity contribution is 7.11. The summed E-state index contributed by atoms with van der Waals surface area (Å²) in [6, 6.07) is 5.83. The molecule has 144 valence electrons. The van der Waals surface area contributed by atoms with Crippen LogP contribution in [0.2, 0.25) is 0 Å². The van der Waals surface area contributed by atoms with Gasteiger partial charge in [0.25, 0.3) is 5.91 Å². The van der Waals surface area contributed by atoms with Gasteiger partial charge in [0.1, 0.15) is 10.7 Å². The maximum atomic E-state index is 12.8. The van der Waals surface area contributed by atoms with Crippen LogP contribution >= 0.6 is 11.3 Å². The van der Waals surface area contributed by atoms with Gasteiger partial charge in [-0.3, -0.25) is 4.79 Å². The number of piperidine rings is 1. The first kappa shape index (κ1) is 18.5. The Kier molecular flexibility index (Phi) is 5.29. The van der Waals surface area contributed by atoms with Crippen LogP contribution in [0.3, 0.4) is 0 Å². The van der Waals surface area contributed by atoms with Gasteiger partial charge in [-0.2, -0.15) is 0 Å². The fraction of sp³-hybridized carbons (Fsp3) is 0.350. The molecule has 0 radical (unpaired) electrons. The molecule has 0 aliphatic carbocycles. The molecule has 3 aromatic heterocycles. The zero-order chi connectivity index (χ0) is 19.5. The maximum absolute atomic E-state index is 12.8. The number of carbonyl (C=O) groups is 1. The minimum atomic E-state index is 0.0703. The van der Waals surface area contributed by atoms with E-state index in [4.69, 9.17) is 0 Å². The molecule has 1 saturated heterocycles. The first-order valence-corrected chi connectivity index (χ1v) is 10.2. The number of anilines is 2. The van der Waals surface area contributed by atoms with Crippen molar-refractivity contribution in [2.45, 2.75) is 32.6 Å². The monoisotopic (exact) mass is 394 g/mol. The lowest BCUT2D eigenvalue weighted by Crippen LogP contribution is -2.39. The van der Waals surface area contributed by atoms with Crippen LogP contribution in [-0.4, -0.2) is 43.8 Å².